The average Bonchev–Trinajstić information content (AvgIpc) is 2.75. The van der Waals surface area contributed by atoms with Gasteiger partial charge in [-0.2, -0.15) is 0 Å². The van der Waals surface area contributed by atoms with Crippen LogP contribution in [-0.2, 0) is 4.79 Å². The van der Waals surface area contributed by atoms with E-state index in [9.17, 15) is 14.7 Å². The standard InChI is InChI=1S/C21H20O9.Na/c1-25-13-6-5-11(7-15(13)26-2)14-8-12(22)19-16(30-14)9-17(29-10-18(23)24)20(27-3)21(19)28-4;/h5-9H,10H2,1-4H3,(H,23,24);/q;+1/p-1. The van der Waals surface area contributed by atoms with Crippen LogP contribution in [0.3, 0.4) is 0 Å². The summed E-state index contributed by atoms with van der Waals surface area (Å²) >= 11 is 0. The van der Waals surface area contributed by atoms with Gasteiger partial charge in [0.25, 0.3) is 0 Å². The number of carbonyl (C=O) groups excluding carboxylic acids is 1. The van der Waals surface area contributed by atoms with Gasteiger partial charge in [0.05, 0.1) is 34.4 Å². The van der Waals surface area contributed by atoms with Gasteiger partial charge in [-0.3, -0.25) is 4.79 Å². The van der Waals surface area contributed by atoms with Gasteiger partial charge >= 0.3 is 29.6 Å². The van der Waals surface area contributed by atoms with Crippen LogP contribution in [0.25, 0.3) is 22.3 Å². The first kappa shape index (κ1) is 24.4. The SMILES string of the molecule is COc1ccc(-c2cc(=O)c3c(OC)c(OC)c(OCC(=O)[O-])cc3o2)cc1OC.[Na+]. The molecule has 0 unspecified atom stereocenters. The number of rotatable bonds is 8. The molecule has 0 spiro atoms. The van der Waals surface area contributed by atoms with Gasteiger partial charge in [-0.1, -0.05) is 0 Å². The fourth-order valence-corrected chi connectivity index (χ4v) is 3.01. The normalized spacial score (nSPS) is 10.2. The third-order valence-corrected chi connectivity index (χ3v) is 4.32. The molecule has 0 aliphatic carbocycles. The van der Waals surface area contributed by atoms with E-state index in [2.05, 4.69) is 0 Å². The second-order valence-electron chi connectivity index (χ2n) is 6.02. The topological polar surface area (TPSA) is 116 Å². The number of hydrogen-bond acceptors (Lipinski definition) is 9. The maximum atomic E-state index is 12.9. The molecule has 10 heteroatoms. The molecule has 3 aromatic rings. The van der Waals surface area contributed by atoms with Crippen molar-refractivity contribution in [2.75, 3.05) is 35.0 Å². The molecule has 1 heterocycles. The molecule has 0 fully saturated rings. The Morgan fingerprint density at radius 2 is 1.58 bits per heavy atom. The van der Waals surface area contributed by atoms with Crippen LogP contribution in [0.15, 0.2) is 39.5 Å². The third-order valence-electron chi connectivity index (χ3n) is 4.32. The molecule has 0 N–H and O–H groups in total. The van der Waals surface area contributed by atoms with Crippen molar-refractivity contribution >= 4 is 16.9 Å². The smallest absolute Gasteiger partial charge is 0.546 e. The van der Waals surface area contributed by atoms with Crippen LogP contribution in [0.4, 0.5) is 0 Å². The Labute approximate surface area is 199 Å². The van der Waals surface area contributed by atoms with Crippen molar-refractivity contribution in [3.63, 3.8) is 0 Å². The Morgan fingerprint density at radius 3 is 2.16 bits per heavy atom. The predicted molar refractivity (Wildman–Crippen MR) is 105 cm³/mol. The Bertz CT molecular complexity index is 1150. The van der Waals surface area contributed by atoms with E-state index in [0.717, 1.165) is 0 Å². The fourth-order valence-electron chi connectivity index (χ4n) is 3.01. The van der Waals surface area contributed by atoms with Crippen molar-refractivity contribution in [3.05, 3.63) is 40.6 Å². The maximum absolute atomic E-state index is 12.9. The van der Waals surface area contributed by atoms with Gasteiger partial charge in [0, 0.05) is 17.7 Å². The van der Waals surface area contributed by atoms with Crippen molar-refractivity contribution in [1.29, 1.82) is 0 Å². The molecule has 9 nitrogen and oxygen atoms in total. The molecule has 31 heavy (non-hydrogen) atoms. The van der Waals surface area contributed by atoms with Crippen LogP contribution in [0.2, 0.25) is 0 Å². The van der Waals surface area contributed by atoms with Gasteiger partial charge in [0.1, 0.15) is 23.3 Å². The number of fused-ring (bicyclic) bond motifs is 1. The van der Waals surface area contributed by atoms with Crippen molar-refractivity contribution in [3.8, 4) is 40.1 Å². The minimum absolute atomic E-state index is 0. The van der Waals surface area contributed by atoms with Crippen LogP contribution in [0.5, 0.6) is 28.7 Å². The summed E-state index contributed by atoms with van der Waals surface area (Å²) in [4.78, 5) is 23.7. The summed E-state index contributed by atoms with van der Waals surface area (Å²) in [7, 11) is 5.70. The molecule has 0 saturated heterocycles. The van der Waals surface area contributed by atoms with Gasteiger partial charge in [-0.25, -0.2) is 0 Å². The van der Waals surface area contributed by atoms with Crippen LogP contribution < -0.4 is 63.8 Å². The van der Waals surface area contributed by atoms with Gasteiger partial charge < -0.3 is 38.0 Å². The minimum Gasteiger partial charge on any atom is -0.546 e. The van der Waals surface area contributed by atoms with E-state index in [1.807, 2.05) is 0 Å². The molecule has 0 radical (unpaired) electrons. The second-order valence-corrected chi connectivity index (χ2v) is 6.02. The zero-order chi connectivity index (χ0) is 21.8. The van der Waals surface area contributed by atoms with Gasteiger partial charge in [0.15, 0.2) is 28.4 Å². The minimum atomic E-state index is -1.42. The maximum Gasteiger partial charge on any atom is 1.00 e. The quantitative estimate of drug-likeness (QED) is 0.393. The van der Waals surface area contributed by atoms with Crippen molar-refractivity contribution in [2.45, 2.75) is 0 Å². The number of methoxy groups -OCH3 is 4. The Morgan fingerprint density at radius 1 is 0.903 bits per heavy atom. The Hall–Kier alpha value is -2.88. The second kappa shape index (κ2) is 10.4. The van der Waals surface area contributed by atoms with E-state index < -0.39 is 12.6 Å². The molecule has 0 aliphatic heterocycles. The van der Waals surface area contributed by atoms with Gasteiger partial charge in [-0.05, 0) is 18.2 Å². The van der Waals surface area contributed by atoms with Gasteiger partial charge in [-0.15, -0.1) is 0 Å². The summed E-state index contributed by atoms with van der Waals surface area (Å²) in [6.07, 6.45) is 0. The zero-order valence-electron chi connectivity index (χ0n) is 17.8. The first-order chi connectivity index (χ1) is 14.4. The van der Waals surface area contributed by atoms with Crippen LogP contribution in [0.1, 0.15) is 0 Å². The summed E-state index contributed by atoms with van der Waals surface area (Å²) in [6.45, 7) is -0.718. The number of aliphatic carboxylic acids is 1. The molecule has 0 bridgehead atoms. The molecule has 0 amide bonds. The molecule has 0 aliphatic rings. The summed E-state index contributed by atoms with van der Waals surface area (Å²) in [6, 6.07) is 7.73. The summed E-state index contributed by atoms with van der Waals surface area (Å²) < 4.78 is 32.2. The Balaban J connectivity index is 0.00000341. The molecule has 2 aromatic carbocycles. The predicted octanol–water partition coefficient (Wildman–Crippen LogP) is -1.37. The molecular weight excluding hydrogens is 419 g/mol. The van der Waals surface area contributed by atoms with E-state index in [4.69, 9.17) is 28.1 Å². The molecule has 0 saturated carbocycles. The van der Waals surface area contributed by atoms with Crippen molar-refractivity contribution < 1.29 is 67.6 Å². The molecule has 158 valence electrons. The average molecular weight is 438 g/mol. The van der Waals surface area contributed by atoms with E-state index in [1.165, 1.54) is 40.6 Å². The number of ether oxygens (including phenoxy) is 5. The van der Waals surface area contributed by atoms with E-state index in [-0.39, 0.29) is 69.0 Å². The molecular formula is C21H19NaO9. The third kappa shape index (κ3) is 4.90. The molecule has 0 atom stereocenters. The van der Waals surface area contributed by atoms with Gasteiger partial charge in [0.2, 0.25) is 5.75 Å². The number of carboxylic acids is 1. The Kier molecular flexibility index (Phi) is 8.21. The number of hydrogen-bond donors (Lipinski definition) is 0. The van der Waals surface area contributed by atoms with E-state index in [0.29, 0.717) is 17.1 Å². The van der Waals surface area contributed by atoms with Crippen LogP contribution in [-0.4, -0.2) is 41.0 Å². The van der Waals surface area contributed by atoms with Crippen LogP contribution in [0, 0.1) is 0 Å². The first-order valence-electron chi connectivity index (χ1n) is 8.71. The summed E-state index contributed by atoms with van der Waals surface area (Å²) in [5, 5.41) is 10.9. The summed E-state index contributed by atoms with van der Waals surface area (Å²) in [5.74, 6) is -0.0213. The van der Waals surface area contributed by atoms with E-state index in [1.54, 1.807) is 18.2 Å². The first-order valence-corrected chi connectivity index (χ1v) is 8.71. The van der Waals surface area contributed by atoms with Crippen molar-refractivity contribution in [1.82, 2.24) is 0 Å². The van der Waals surface area contributed by atoms with Crippen molar-refractivity contribution in [2.24, 2.45) is 0 Å². The molecule has 3 rings (SSSR count). The zero-order valence-corrected chi connectivity index (χ0v) is 19.8. The molecule has 1 aromatic heterocycles. The van der Waals surface area contributed by atoms with E-state index >= 15 is 0 Å². The summed E-state index contributed by atoms with van der Waals surface area (Å²) in [5.41, 5.74) is 0.305. The van der Waals surface area contributed by atoms with Crippen LogP contribution >= 0.6 is 0 Å². The number of benzene rings is 2. The largest absolute Gasteiger partial charge is 1.00 e. The monoisotopic (exact) mass is 438 g/mol. The number of carbonyl (C=O) groups is 1. The fraction of sp³-hybridized carbons (Fsp3) is 0.238. The number of carboxylic acid groups (broad SMARTS) is 1.